The number of amides is 1. The highest BCUT2D eigenvalue weighted by Crippen LogP contribution is 2.23. The lowest BCUT2D eigenvalue weighted by Crippen LogP contribution is -2.50. The first-order valence-corrected chi connectivity index (χ1v) is 11.3. The summed E-state index contributed by atoms with van der Waals surface area (Å²) in [5.41, 5.74) is 0.893. The van der Waals surface area contributed by atoms with Crippen molar-refractivity contribution in [1.29, 1.82) is 0 Å². The molecule has 4 rings (SSSR count). The fraction of sp³-hybridized carbons (Fsp3) is 0.200. The molecule has 150 valence electrons. The third-order valence-corrected chi connectivity index (χ3v) is 7.60. The molecule has 0 saturated carbocycles. The van der Waals surface area contributed by atoms with E-state index in [0.29, 0.717) is 13.1 Å². The molecule has 29 heavy (non-hydrogen) atoms. The average molecular weight is 432 g/mol. The van der Waals surface area contributed by atoms with Gasteiger partial charge < -0.3 is 4.90 Å². The molecule has 1 saturated heterocycles. The lowest BCUT2D eigenvalue weighted by molar-refractivity contribution is -0.127. The molecule has 6 nitrogen and oxygen atoms in total. The maximum absolute atomic E-state index is 13.1. The molecule has 0 bridgehead atoms. The quantitative estimate of drug-likeness (QED) is 0.596. The van der Waals surface area contributed by atoms with E-state index in [0.717, 1.165) is 27.4 Å². The number of piperazine rings is 1. The van der Waals surface area contributed by atoms with Crippen LogP contribution in [0.3, 0.4) is 0 Å². The van der Waals surface area contributed by atoms with Gasteiger partial charge in [-0.05, 0) is 42.5 Å². The molecule has 1 aromatic heterocycles. The van der Waals surface area contributed by atoms with E-state index in [-0.39, 0.29) is 23.9 Å². The molecule has 0 atom stereocenters. The van der Waals surface area contributed by atoms with Gasteiger partial charge in [-0.25, -0.2) is 17.8 Å². The third-order valence-electron chi connectivity index (χ3n) is 4.68. The molecule has 0 radical (unpaired) electrons. The number of thiazole rings is 1. The Morgan fingerprint density at radius 2 is 1.72 bits per heavy atom. The number of sulfonamides is 1. The van der Waals surface area contributed by atoms with E-state index in [1.54, 1.807) is 11.0 Å². The zero-order valence-corrected chi connectivity index (χ0v) is 17.0. The van der Waals surface area contributed by atoms with Crippen molar-refractivity contribution in [3.63, 3.8) is 0 Å². The van der Waals surface area contributed by atoms with Crippen LogP contribution in [0.1, 0.15) is 5.01 Å². The van der Waals surface area contributed by atoms with Crippen molar-refractivity contribution in [3.05, 3.63) is 65.4 Å². The minimum atomic E-state index is -3.70. The number of nitrogens with zero attached hydrogens (tertiary/aromatic N) is 3. The Bertz CT molecular complexity index is 1130. The molecule has 0 aliphatic carbocycles. The van der Waals surface area contributed by atoms with Gasteiger partial charge in [0.2, 0.25) is 15.9 Å². The van der Waals surface area contributed by atoms with Gasteiger partial charge in [-0.15, -0.1) is 11.3 Å². The third kappa shape index (κ3) is 4.21. The molecule has 3 aromatic rings. The number of halogens is 1. The van der Waals surface area contributed by atoms with E-state index in [4.69, 9.17) is 0 Å². The van der Waals surface area contributed by atoms with E-state index in [9.17, 15) is 17.6 Å². The highest BCUT2D eigenvalue weighted by atomic mass is 32.2. The Morgan fingerprint density at radius 1 is 1.03 bits per heavy atom. The summed E-state index contributed by atoms with van der Waals surface area (Å²) in [4.78, 5) is 18.6. The second-order valence-electron chi connectivity index (χ2n) is 6.54. The topological polar surface area (TPSA) is 70.6 Å². The number of para-hydroxylation sites is 1. The van der Waals surface area contributed by atoms with Crippen LogP contribution in [-0.4, -0.2) is 54.7 Å². The molecular weight excluding hydrogens is 413 g/mol. The lowest BCUT2D eigenvalue weighted by Gasteiger charge is -2.33. The maximum atomic E-state index is 13.1. The minimum Gasteiger partial charge on any atom is -0.337 e. The largest absolute Gasteiger partial charge is 0.337 e. The van der Waals surface area contributed by atoms with Crippen LogP contribution in [0.5, 0.6) is 0 Å². The van der Waals surface area contributed by atoms with Crippen molar-refractivity contribution in [3.8, 4) is 0 Å². The Kier molecular flexibility index (Phi) is 5.44. The molecule has 1 aliphatic rings. The standard InChI is InChI=1S/C20H18FN3O3S2/c21-15-5-7-16(8-6-15)29(26,27)24-13-11-23(12-14-24)20(25)10-9-19-22-17-3-1-2-4-18(17)28-19/h1-10H,11-14H2. The number of aromatic nitrogens is 1. The monoisotopic (exact) mass is 431 g/mol. The van der Waals surface area contributed by atoms with Crippen LogP contribution < -0.4 is 0 Å². The predicted molar refractivity (Wildman–Crippen MR) is 110 cm³/mol. The van der Waals surface area contributed by atoms with Crippen molar-refractivity contribution in [2.75, 3.05) is 26.2 Å². The van der Waals surface area contributed by atoms with Crippen molar-refractivity contribution in [2.45, 2.75) is 4.90 Å². The highest BCUT2D eigenvalue weighted by Gasteiger charge is 2.29. The zero-order chi connectivity index (χ0) is 20.4. The number of benzene rings is 2. The molecule has 2 aromatic carbocycles. The first-order chi connectivity index (χ1) is 13.9. The molecular formula is C20H18FN3O3S2. The van der Waals surface area contributed by atoms with Crippen molar-refractivity contribution >= 4 is 43.6 Å². The minimum absolute atomic E-state index is 0.0504. The van der Waals surface area contributed by atoms with E-state index >= 15 is 0 Å². The zero-order valence-electron chi connectivity index (χ0n) is 15.4. The number of hydrogen-bond acceptors (Lipinski definition) is 5. The van der Waals surface area contributed by atoms with Gasteiger partial charge in [0.1, 0.15) is 10.8 Å². The van der Waals surface area contributed by atoms with Crippen LogP contribution in [0.15, 0.2) is 59.5 Å². The predicted octanol–water partition coefficient (Wildman–Crippen LogP) is 2.98. The highest BCUT2D eigenvalue weighted by molar-refractivity contribution is 7.89. The van der Waals surface area contributed by atoms with Gasteiger partial charge in [0.15, 0.2) is 0 Å². The Labute approximate surface area is 171 Å². The fourth-order valence-corrected chi connectivity index (χ4v) is 5.41. The van der Waals surface area contributed by atoms with Crippen LogP contribution in [0.4, 0.5) is 4.39 Å². The van der Waals surface area contributed by atoms with E-state index in [1.165, 1.54) is 33.9 Å². The van der Waals surface area contributed by atoms with Gasteiger partial charge in [-0.1, -0.05) is 12.1 Å². The Morgan fingerprint density at radius 3 is 2.41 bits per heavy atom. The summed E-state index contributed by atoms with van der Waals surface area (Å²) in [6, 6.07) is 12.5. The van der Waals surface area contributed by atoms with Crippen molar-refractivity contribution < 1.29 is 17.6 Å². The first-order valence-electron chi connectivity index (χ1n) is 9.02. The first kappa shape index (κ1) is 19.7. The summed E-state index contributed by atoms with van der Waals surface area (Å²) >= 11 is 1.51. The fourth-order valence-electron chi connectivity index (χ4n) is 3.11. The van der Waals surface area contributed by atoms with Crippen LogP contribution in [0.25, 0.3) is 16.3 Å². The van der Waals surface area contributed by atoms with Crippen molar-refractivity contribution in [1.82, 2.24) is 14.2 Å². The molecule has 9 heteroatoms. The van der Waals surface area contributed by atoms with E-state index in [1.807, 2.05) is 24.3 Å². The normalized spacial score (nSPS) is 16.0. The summed E-state index contributed by atoms with van der Waals surface area (Å²) in [5, 5.41) is 0.747. The van der Waals surface area contributed by atoms with Crippen LogP contribution >= 0.6 is 11.3 Å². The van der Waals surface area contributed by atoms with Gasteiger partial charge in [0.25, 0.3) is 0 Å². The van der Waals surface area contributed by atoms with Crippen molar-refractivity contribution in [2.24, 2.45) is 0 Å². The molecule has 0 N–H and O–H groups in total. The number of carbonyl (C=O) groups is 1. The molecule has 1 amide bonds. The summed E-state index contributed by atoms with van der Waals surface area (Å²) < 4.78 is 40.7. The Hall–Kier alpha value is -2.62. The molecule has 1 aliphatic heterocycles. The van der Waals surface area contributed by atoms with Crippen LogP contribution in [0.2, 0.25) is 0 Å². The summed E-state index contributed by atoms with van der Waals surface area (Å²) in [7, 11) is -3.70. The van der Waals surface area contributed by atoms with E-state index < -0.39 is 15.8 Å². The number of rotatable bonds is 4. The lowest BCUT2D eigenvalue weighted by atomic mass is 10.3. The smallest absolute Gasteiger partial charge is 0.246 e. The second kappa shape index (κ2) is 8.02. The van der Waals surface area contributed by atoms with Gasteiger partial charge in [0, 0.05) is 32.3 Å². The number of fused-ring (bicyclic) bond motifs is 1. The van der Waals surface area contributed by atoms with Crippen LogP contribution in [-0.2, 0) is 14.8 Å². The van der Waals surface area contributed by atoms with Gasteiger partial charge in [-0.3, -0.25) is 4.79 Å². The van der Waals surface area contributed by atoms with Gasteiger partial charge in [0.05, 0.1) is 15.1 Å². The van der Waals surface area contributed by atoms with E-state index in [2.05, 4.69) is 4.98 Å². The molecule has 0 spiro atoms. The number of carbonyl (C=O) groups excluding carboxylic acids is 1. The molecule has 2 heterocycles. The Balaban J connectivity index is 1.38. The molecule has 0 unspecified atom stereocenters. The molecule has 1 fully saturated rings. The summed E-state index contributed by atoms with van der Waals surface area (Å²) in [6.45, 7) is 0.980. The second-order valence-corrected chi connectivity index (χ2v) is 9.54. The van der Waals surface area contributed by atoms with Gasteiger partial charge >= 0.3 is 0 Å². The SMILES string of the molecule is O=C(C=Cc1nc2ccccc2s1)N1CCN(S(=O)(=O)c2ccc(F)cc2)CC1. The summed E-state index contributed by atoms with van der Waals surface area (Å²) in [6.07, 6.45) is 3.16. The average Bonchev–Trinajstić information content (AvgIpc) is 3.15. The maximum Gasteiger partial charge on any atom is 0.246 e. The van der Waals surface area contributed by atoms with Gasteiger partial charge in [-0.2, -0.15) is 4.31 Å². The number of hydrogen-bond donors (Lipinski definition) is 0. The van der Waals surface area contributed by atoms with Crippen LogP contribution in [0, 0.1) is 5.82 Å². The summed E-state index contributed by atoms with van der Waals surface area (Å²) in [5.74, 6) is -0.664.